The summed E-state index contributed by atoms with van der Waals surface area (Å²) >= 11 is 0. The number of amides is 1. The van der Waals surface area contributed by atoms with Crippen molar-refractivity contribution < 1.29 is 18.3 Å². The van der Waals surface area contributed by atoms with Crippen LogP contribution in [0.4, 0.5) is 8.78 Å². The maximum Gasteiger partial charge on any atom is 0.272 e. The number of halogens is 2. The lowest BCUT2D eigenvalue weighted by atomic mass is 10.3. The van der Waals surface area contributed by atoms with Crippen LogP contribution in [0.5, 0.6) is 5.75 Å². The minimum absolute atomic E-state index is 0.0443. The predicted molar refractivity (Wildman–Crippen MR) is 86.2 cm³/mol. The Hall–Kier alpha value is -3.30. The van der Waals surface area contributed by atoms with Crippen LogP contribution < -0.4 is 10.1 Å². The fourth-order valence-corrected chi connectivity index (χ4v) is 2.25. The Morgan fingerprint density at radius 3 is 2.96 bits per heavy atom. The smallest absolute Gasteiger partial charge is 0.272 e. The van der Waals surface area contributed by atoms with Crippen molar-refractivity contribution in [3.05, 3.63) is 59.9 Å². The molecule has 0 aliphatic carbocycles. The summed E-state index contributed by atoms with van der Waals surface area (Å²) in [5.41, 5.74) is 0.649. The van der Waals surface area contributed by atoms with Crippen LogP contribution in [-0.4, -0.2) is 36.9 Å². The first-order chi connectivity index (χ1) is 12.5. The van der Waals surface area contributed by atoms with Gasteiger partial charge in [0, 0.05) is 12.1 Å². The lowest BCUT2D eigenvalue weighted by molar-refractivity contribution is 0.0931. The molecule has 26 heavy (non-hydrogen) atoms. The number of hydrogen-bond acceptors (Lipinski definition) is 5. The second kappa shape index (κ2) is 7.72. The van der Waals surface area contributed by atoms with Crippen LogP contribution in [0, 0.1) is 11.6 Å². The van der Waals surface area contributed by atoms with Gasteiger partial charge in [0.2, 0.25) is 0 Å². The van der Waals surface area contributed by atoms with E-state index >= 15 is 0 Å². The number of ether oxygens (including phenoxy) is 1. The summed E-state index contributed by atoms with van der Waals surface area (Å²) in [5, 5.41) is 13.3. The van der Waals surface area contributed by atoms with Crippen LogP contribution >= 0.6 is 0 Å². The maximum absolute atomic E-state index is 13.5. The van der Waals surface area contributed by atoms with E-state index in [0.717, 1.165) is 12.1 Å². The molecule has 1 unspecified atom stereocenters. The zero-order chi connectivity index (χ0) is 18.5. The molecule has 2 aromatic heterocycles. The zero-order valence-corrected chi connectivity index (χ0v) is 13.8. The monoisotopic (exact) mass is 362 g/mol. The number of aromatic amines is 1. The van der Waals surface area contributed by atoms with Crippen molar-refractivity contribution in [2.75, 3.05) is 0 Å². The Balaban J connectivity index is 1.54. The predicted octanol–water partition coefficient (Wildman–Crippen LogP) is 1.68. The summed E-state index contributed by atoms with van der Waals surface area (Å²) < 4.78 is 33.2. The molecule has 1 atom stereocenters. The van der Waals surface area contributed by atoms with Crippen molar-refractivity contribution in [1.29, 1.82) is 0 Å². The Labute approximate surface area is 147 Å². The van der Waals surface area contributed by atoms with E-state index in [9.17, 15) is 13.6 Å². The molecule has 0 fully saturated rings. The molecule has 3 aromatic rings. The van der Waals surface area contributed by atoms with E-state index in [1.54, 1.807) is 11.0 Å². The van der Waals surface area contributed by atoms with Crippen molar-refractivity contribution in [2.24, 2.45) is 0 Å². The largest absolute Gasteiger partial charge is 0.484 e. The molecular weight excluding hydrogens is 346 g/mol. The van der Waals surface area contributed by atoms with Crippen molar-refractivity contribution >= 4 is 5.91 Å². The highest BCUT2D eigenvalue weighted by Gasteiger charge is 2.14. The first kappa shape index (κ1) is 17.5. The summed E-state index contributed by atoms with van der Waals surface area (Å²) in [5.74, 6) is -1.94. The molecule has 3 rings (SSSR count). The van der Waals surface area contributed by atoms with E-state index in [2.05, 4.69) is 25.6 Å². The molecule has 0 spiro atoms. The number of H-pyrrole nitrogens is 1. The highest BCUT2D eigenvalue weighted by molar-refractivity contribution is 5.92. The molecule has 10 heteroatoms. The van der Waals surface area contributed by atoms with Gasteiger partial charge in [0.05, 0.1) is 12.2 Å². The number of carbonyl (C=O) groups is 1. The Bertz CT molecular complexity index is 881. The average molecular weight is 362 g/mol. The van der Waals surface area contributed by atoms with Gasteiger partial charge in [-0.2, -0.15) is 10.2 Å². The Morgan fingerprint density at radius 1 is 1.38 bits per heavy atom. The quantitative estimate of drug-likeness (QED) is 0.666. The fraction of sp³-hybridized carbons (Fsp3) is 0.250. The number of nitrogens with zero attached hydrogens (tertiary/aromatic N) is 4. The normalized spacial score (nSPS) is 12.0. The highest BCUT2D eigenvalue weighted by Crippen LogP contribution is 2.18. The van der Waals surface area contributed by atoms with Crippen molar-refractivity contribution in [1.82, 2.24) is 30.3 Å². The highest BCUT2D eigenvalue weighted by atomic mass is 19.1. The van der Waals surface area contributed by atoms with Crippen LogP contribution in [0.15, 0.2) is 36.9 Å². The van der Waals surface area contributed by atoms with Gasteiger partial charge >= 0.3 is 0 Å². The van der Waals surface area contributed by atoms with Crippen LogP contribution in [0.3, 0.4) is 0 Å². The SMILES string of the molecule is CC(Cn1cncn1)NC(=O)c1cc(COc2ccc(F)cc2F)[nH]n1. The van der Waals surface area contributed by atoms with Gasteiger partial charge in [0.25, 0.3) is 5.91 Å². The number of rotatable bonds is 7. The van der Waals surface area contributed by atoms with Gasteiger partial charge in [-0.3, -0.25) is 14.6 Å². The first-order valence-electron chi connectivity index (χ1n) is 7.76. The molecule has 0 radical (unpaired) electrons. The fourth-order valence-electron chi connectivity index (χ4n) is 2.25. The van der Waals surface area contributed by atoms with Gasteiger partial charge in [-0.05, 0) is 25.1 Å². The van der Waals surface area contributed by atoms with Gasteiger partial charge in [0.1, 0.15) is 30.8 Å². The summed E-state index contributed by atoms with van der Waals surface area (Å²) in [6, 6.07) is 4.34. The number of hydrogen-bond donors (Lipinski definition) is 2. The van der Waals surface area contributed by atoms with Gasteiger partial charge < -0.3 is 10.1 Å². The molecule has 0 saturated carbocycles. The molecule has 0 saturated heterocycles. The molecular formula is C16H16F2N6O2. The molecule has 2 N–H and O–H groups in total. The van der Waals surface area contributed by atoms with E-state index in [0.29, 0.717) is 12.2 Å². The number of aromatic nitrogens is 5. The van der Waals surface area contributed by atoms with Gasteiger partial charge in [-0.15, -0.1) is 0 Å². The minimum atomic E-state index is -0.801. The first-order valence-corrected chi connectivity index (χ1v) is 7.76. The third-order valence-electron chi connectivity index (χ3n) is 3.45. The average Bonchev–Trinajstić information content (AvgIpc) is 3.25. The van der Waals surface area contributed by atoms with E-state index in [1.807, 2.05) is 6.92 Å². The molecule has 8 nitrogen and oxygen atoms in total. The van der Waals surface area contributed by atoms with Crippen LogP contribution in [0.25, 0.3) is 0 Å². The Kier molecular flexibility index (Phi) is 5.20. The summed E-state index contributed by atoms with van der Waals surface area (Å²) in [6.45, 7) is 2.25. The lowest BCUT2D eigenvalue weighted by Gasteiger charge is -2.12. The van der Waals surface area contributed by atoms with E-state index in [-0.39, 0.29) is 30.0 Å². The Morgan fingerprint density at radius 2 is 2.23 bits per heavy atom. The van der Waals surface area contributed by atoms with Crippen LogP contribution in [0.1, 0.15) is 23.1 Å². The summed E-state index contributed by atoms with van der Waals surface area (Å²) in [7, 11) is 0. The van der Waals surface area contributed by atoms with Gasteiger partial charge in [-0.1, -0.05) is 0 Å². The second-order valence-electron chi connectivity index (χ2n) is 5.63. The van der Waals surface area contributed by atoms with Crippen LogP contribution in [-0.2, 0) is 13.2 Å². The third kappa shape index (κ3) is 4.41. The van der Waals surface area contributed by atoms with E-state index in [1.165, 1.54) is 18.5 Å². The van der Waals surface area contributed by atoms with E-state index in [4.69, 9.17) is 4.74 Å². The third-order valence-corrected chi connectivity index (χ3v) is 3.45. The number of nitrogens with one attached hydrogen (secondary N) is 2. The standard InChI is InChI=1S/C16H16F2N6O2/c1-10(6-24-9-19-8-20-24)21-16(25)14-5-12(22-23-14)7-26-15-3-2-11(17)4-13(15)18/h2-5,8-10H,6-7H2,1H3,(H,21,25)(H,22,23). The molecule has 136 valence electrons. The van der Waals surface area contributed by atoms with Crippen molar-refractivity contribution in [2.45, 2.75) is 26.1 Å². The molecule has 0 aliphatic rings. The summed E-state index contributed by atoms with van der Waals surface area (Å²) in [4.78, 5) is 16.0. The number of benzene rings is 1. The van der Waals surface area contributed by atoms with Crippen LogP contribution in [0.2, 0.25) is 0 Å². The topological polar surface area (TPSA) is 97.7 Å². The molecule has 1 aromatic carbocycles. The lowest BCUT2D eigenvalue weighted by Crippen LogP contribution is -2.36. The van der Waals surface area contributed by atoms with Gasteiger partial charge in [-0.25, -0.2) is 13.8 Å². The van der Waals surface area contributed by atoms with Crippen molar-refractivity contribution in [3.8, 4) is 5.75 Å². The molecule has 0 bridgehead atoms. The van der Waals surface area contributed by atoms with Gasteiger partial charge in [0.15, 0.2) is 11.6 Å². The zero-order valence-electron chi connectivity index (χ0n) is 13.8. The second-order valence-corrected chi connectivity index (χ2v) is 5.63. The van der Waals surface area contributed by atoms with Crippen molar-refractivity contribution in [3.63, 3.8) is 0 Å². The molecule has 0 aliphatic heterocycles. The number of carbonyl (C=O) groups excluding carboxylic acids is 1. The molecule has 2 heterocycles. The minimum Gasteiger partial charge on any atom is -0.484 e. The molecule has 1 amide bonds. The van der Waals surface area contributed by atoms with E-state index < -0.39 is 11.6 Å². The summed E-state index contributed by atoms with van der Waals surface area (Å²) in [6.07, 6.45) is 2.97. The maximum atomic E-state index is 13.5.